The molecule has 0 saturated carbocycles. The minimum atomic E-state index is -0.701. The number of hydrogen-bond donors (Lipinski definition) is 2. The number of benzene rings is 1. The van der Waals surface area contributed by atoms with E-state index in [0.29, 0.717) is 16.9 Å². The van der Waals surface area contributed by atoms with Crippen molar-refractivity contribution < 1.29 is 13.3 Å². The Labute approximate surface area is 117 Å². The minimum absolute atomic E-state index is 0.207. The third kappa shape index (κ3) is 2.45. The van der Waals surface area contributed by atoms with Crippen LogP contribution in [0.4, 0.5) is 20.3 Å². The van der Waals surface area contributed by atoms with Gasteiger partial charge in [-0.3, -0.25) is 5.32 Å². The van der Waals surface area contributed by atoms with Crippen molar-refractivity contribution in [1.82, 2.24) is 9.97 Å². The molecule has 0 fully saturated rings. The van der Waals surface area contributed by atoms with Gasteiger partial charge in [-0.2, -0.15) is 4.57 Å². The van der Waals surface area contributed by atoms with Crippen molar-refractivity contribution in [3.05, 3.63) is 58.6 Å². The molecule has 3 rings (SSSR count). The lowest BCUT2D eigenvalue weighted by molar-refractivity contribution is -0.673. The van der Waals surface area contributed by atoms with Crippen molar-refractivity contribution >= 4 is 22.5 Å². The molecule has 5 nitrogen and oxygen atoms in total. The molecule has 0 aliphatic heterocycles. The van der Waals surface area contributed by atoms with Gasteiger partial charge in [-0.05, 0) is 12.1 Å². The molecule has 0 atom stereocenters. The van der Waals surface area contributed by atoms with Crippen molar-refractivity contribution in [2.75, 3.05) is 5.32 Å². The summed E-state index contributed by atoms with van der Waals surface area (Å²) in [5.74, 6) is -1.01. The highest BCUT2D eigenvalue weighted by Gasteiger charge is 2.16. The lowest BCUT2D eigenvalue weighted by atomic mass is 10.2. The Bertz CT molecular complexity index is 872. The van der Waals surface area contributed by atoms with Crippen LogP contribution < -0.4 is 15.6 Å². The van der Waals surface area contributed by atoms with Gasteiger partial charge in [0.15, 0.2) is 0 Å². The number of halogens is 2. The third-order valence-corrected chi connectivity index (χ3v) is 3.05. The largest absolute Gasteiger partial charge is 0.442 e. The molecular weight excluding hydrogens is 278 g/mol. The number of hydrogen-bond acceptors (Lipinski definition) is 3. The maximum Gasteiger partial charge on any atom is 0.442 e. The van der Waals surface area contributed by atoms with E-state index in [1.807, 2.05) is 0 Å². The standard InChI is InChI=1S/C14H10F2N4O/c1-20-13(18-10-6-8(15)5-9(16)7-10)11-3-2-4-17-12(11)19-14(20)21/h2-7H,1H3,(H,17,18,19,21)/p+1. The zero-order valence-electron chi connectivity index (χ0n) is 11.0. The van der Waals surface area contributed by atoms with Gasteiger partial charge in [0, 0.05) is 24.4 Å². The maximum atomic E-state index is 13.3. The zero-order chi connectivity index (χ0) is 15.0. The molecule has 106 valence electrons. The summed E-state index contributed by atoms with van der Waals surface area (Å²) in [5.41, 5.74) is 0.208. The zero-order valence-corrected chi connectivity index (χ0v) is 11.0. The summed E-state index contributed by atoms with van der Waals surface area (Å²) in [5, 5.41) is 3.49. The highest BCUT2D eigenvalue weighted by Crippen LogP contribution is 2.21. The van der Waals surface area contributed by atoms with E-state index in [-0.39, 0.29) is 11.4 Å². The van der Waals surface area contributed by atoms with Gasteiger partial charge < -0.3 is 0 Å². The number of fused-ring (bicyclic) bond motifs is 1. The Kier molecular flexibility index (Phi) is 3.09. The van der Waals surface area contributed by atoms with Crippen LogP contribution in [0.3, 0.4) is 0 Å². The summed E-state index contributed by atoms with van der Waals surface area (Å²) >= 11 is 0. The molecule has 0 unspecified atom stereocenters. The molecule has 0 spiro atoms. The van der Waals surface area contributed by atoms with Crippen LogP contribution in [0.25, 0.3) is 11.0 Å². The normalized spacial score (nSPS) is 10.8. The van der Waals surface area contributed by atoms with Crippen LogP contribution >= 0.6 is 0 Å². The number of pyridine rings is 1. The summed E-state index contributed by atoms with van der Waals surface area (Å²) in [6, 6.07) is 6.52. The molecule has 0 aliphatic rings. The summed E-state index contributed by atoms with van der Waals surface area (Å²) < 4.78 is 27.8. The van der Waals surface area contributed by atoms with Crippen LogP contribution in [0.1, 0.15) is 0 Å². The monoisotopic (exact) mass is 289 g/mol. The SMILES string of the molecule is C[n+]1c(Nc2cc(F)cc(F)c2)c2cccnc2[nH]c1=O. The molecule has 0 saturated heterocycles. The van der Waals surface area contributed by atoms with Gasteiger partial charge >= 0.3 is 5.69 Å². The Morgan fingerprint density at radius 1 is 1.24 bits per heavy atom. The first-order valence-electron chi connectivity index (χ1n) is 6.15. The van der Waals surface area contributed by atoms with Crippen LogP contribution in [-0.4, -0.2) is 9.97 Å². The summed E-state index contributed by atoms with van der Waals surface area (Å²) in [6.45, 7) is 0. The van der Waals surface area contributed by atoms with Gasteiger partial charge in [-0.15, -0.1) is 0 Å². The molecule has 0 radical (unpaired) electrons. The Balaban J connectivity index is 2.20. The fraction of sp³-hybridized carbons (Fsp3) is 0.0714. The molecular formula is C14H11F2N4O+. The summed E-state index contributed by atoms with van der Waals surface area (Å²) in [6.07, 6.45) is 1.55. The van der Waals surface area contributed by atoms with E-state index >= 15 is 0 Å². The van der Waals surface area contributed by atoms with Crippen LogP contribution in [0, 0.1) is 11.6 Å². The topological polar surface area (TPSA) is 61.7 Å². The lowest BCUT2D eigenvalue weighted by Crippen LogP contribution is -2.49. The molecule has 2 heterocycles. The fourth-order valence-electron chi connectivity index (χ4n) is 2.08. The molecule has 0 amide bonds. The number of rotatable bonds is 2. The second-order valence-electron chi connectivity index (χ2n) is 4.52. The van der Waals surface area contributed by atoms with Crippen molar-refractivity contribution in [3.8, 4) is 0 Å². The first-order chi connectivity index (χ1) is 10.0. The predicted molar refractivity (Wildman–Crippen MR) is 73.2 cm³/mol. The quantitative estimate of drug-likeness (QED) is 0.707. The van der Waals surface area contributed by atoms with Crippen molar-refractivity contribution in [3.63, 3.8) is 0 Å². The Hall–Kier alpha value is -2.83. The molecule has 3 aromatic rings. The number of aromatic amines is 1. The first kappa shape index (κ1) is 13.2. The fourth-order valence-corrected chi connectivity index (χ4v) is 2.08. The highest BCUT2D eigenvalue weighted by atomic mass is 19.1. The molecule has 21 heavy (non-hydrogen) atoms. The summed E-state index contributed by atoms with van der Waals surface area (Å²) in [7, 11) is 1.54. The van der Waals surface area contributed by atoms with Crippen molar-refractivity contribution in [2.45, 2.75) is 0 Å². The maximum absolute atomic E-state index is 13.3. The number of nitrogens with one attached hydrogen (secondary N) is 2. The van der Waals surface area contributed by atoms with Crippen molar-refractivity contribution in [2.24, 2.45) is 7.05 Å². The van der Waals surface area contributed by atoms with Crippen LogP contribution in [0.15, 0.2) is 41.3 Å². The van der Waals surface area contributed by atoms with Crippen LogP contribution in [0.5, 0.6) is 0 Å². The Morgan fingerprint density at radius 3 is 2.67 bits per heavy atom. The summed E-state index contributed by atoms with van der Waals surface area (Å²) in [4.78, 5) is 18.5. The third-order valence-electron chi connectivity index (χ3n) is 3.05. The molecule has 7 heteroatoms. The number of aromatic nitrogens is 3. The molecule has 1 aromatic carbocycles. The van der Waals surface area contributed by atoms with Gasteiger partial charge in [0.05, 0.1) is 7.05 Å². The first-order valence-corrected chi connectivity index (χ1v) is 6.15. The highest BCUT2D eigenvalue weighted by molar-refractivity contribution is 5.86. The predicted octanol–water partition coefficient (Wildman–Crippen LogP) is 1.77. The average Bonchev–Trinajstić information content (AvgIpc) is 2.43. The van der Waals surface area contributed by atoms with Crippen LogP contribution in [-0.2, 0) is 7.05 Å². The van der Waals surface area contributed by atoms with Gasteiger partial charge in [0.1, 0.15) is 22.7 Å². The van der Waals surface area contributed by atoms with Gasteiger partial charge in [-0.1, -0.05) is 0 Å². The van der Waals surface area contributed by atoms with Gasteiger partial charge in [-0.25, -0.2) is 23.5 Å². The second kappa shape index (κ2) is 4.93. The number of anilines is 2. The Morgan fingerprint density at radius 2 is 1.95 bits per heavy atom. The van der Waals surface area contributed by atoms with E-state index < -0.39 is 11.6 Å². The minimum Gasteiger partial charge on any atom is -0.272 e. The van der Waals surface area contributed by atoms with E-state index in [9.17, 15) is 13.6 Å². The molecule has 0 aliphatic carbocycles. The van der Waals surface area contributed by atoms with E-state index in [4.69, 9.17) is 0 Å². The lowest BCUT2D eigenvalue weighted by Gasteiger charge is -2.07. The number of H-pyrrole nitrogens is 1. The molecule has 2 N–H and O–H groups in total. The van der Waals surface area contributed by atoms with Gasteiger partial charge in [0.25, 0.3) is 0 Å². The van der Waals surface area contributed by atoms with E-state index in [1.165, 1.54) is 4.57 Å². The second-order valence-corrected chi connectivity index (χ2v) is 4.52. The smallest absolute Gasteiger partial charge is 0.272 e. The van der Waals surface area contributed by atoms with Crippen LogP contribution in [0.2, 0.25) is 0 Å². The van der Waals surface area contributed by atoms with Gasteiger partial charge in [0.2, 0.25) is 11.5 Å². The average molecular weight is 289 g/mol. The molecule has 0 bridgehead atoms. The van der Waals surface area contributed by atoms with E-state index in [2.05, 4.69) is 15.3 Å². The van der Waals surface area contributed by atoms with Crippen molar-refractivity contribution in [1.29, 1.82) is 0 Å². The molecule has 2 aromatic heterocycles. The van der Waals surface area contributed by atoms with E-state index in [0.717, 1.165) is 18.2 Å². The number of nitrogens with zero attached hydrogens (tertiary/aromatic N) is 2. The van der Waals surface area contributed by atoms with E-state index in [1.54, 1.807) is 25.4 Å².